The van der Waals surface area contributed by atoms with Crippen LogP contribution in [0, 0.1) is 17.2 Å². The van der Waals surface area contributed by atoms with E-state index in [2.05, 4.69) is 0 Å². The van der Waals surface area contributed by atoms with E-state index in [4.69, 9.17) is 10.4 Å². The number of nitriles is 1. The number of hydrogen-bond donors (Lipinski definition) is 2. The number of aliphatic hydroxyl groups is 1. The van der Waals surface area contributed by atoms with Gasteiger partial charge in [0.15, 0.2) is 0 Å². The van der Waals surface area contributed by atoms with E-state index in [0.29, 0.717) is 25.1 Å². The molecule has 5 heteroatoms. The highest BCUT2D eigenvalue weighted by atomic mass is 16.4. The van der Waals surface area contributed by atoms with Crippen LogP contribution in [0.25, 0.3) is 0 Å². The quantitative estimate of drug-likeness (QED) is 0.866. The molecule has 1 aliphatic heterocycles. The molecule has 1 fully saturated rings. The number of β-amino-alcohol motifs (C(OH)–C–C–N with tert-alkyl or cyclic N) is 1. The highest BCUT2D eigenvalue weighted by Gasteiger charge is 2.26. The number of rotatable bonds is 4. The van der Waals surface area contributed by atoms with Gasteiger partial charge >= 0.3 is 5.97 Å². The summed E-state index contributed by atoms with van der Waals surface area (Å²) in [5, 5.41) is 28.0. The lowest BCUT2D eigenvalue weighted by atomic mass is 9.97. The highest BCUT2D eigenvalue weighted by molar-refractivity contribution is 5.70. The van der Waals surface area contributed by atoms with E-state index in [9.17, 15) is 9.90 Å². The molecule has 0 saturated carbocycles. The summed E-state index contributed by atoms with van der Waals surface area (Å²) in [6.07, 6.45) is 0.894. The molecule has 0 aromatic heterocycles. The molecule has 1 aromatic rings. The number of carbonyl (C=O) groups is 1. The van der Waals surface area contributed by atoms with Crippen molar-refractivity contribution in [2.45, 2.75) is 18.9 Å². The SMILES string of the molecule is N#Cc1ccc(C(O)CN2CCC[C@H](C(=O)O)C2)cc1. The fourth-order valence-electron chi connectivity index (χ4n) is 2.55. The van der Waals surface area contributed by atoms with Crippen molar-refractivity contribution in [3.05, 3.63) is 35.4 Å². The van der Waals surface area contributed by atoms with E-state index in [1.165, 1.54) is 0 Å². The van der Waals surface area contributed by atoms with Gasteiger partial charge in [-0.05, 0) is 37.1 Å². The first-order chi connectivity index (χ1) is 9.60. The zero-order valence-electron chi connectivity index (χ0n) is 11.2. The minimum atomic E-state index is -0.762. The smallest absolute Gasteiger partial charge is 0.307 e. The van der Waals surface area contributed by atoms with Crippen LogP contribution in [0.2, 0.25) is 0 Å². The van der Waals surface area contributed by atoms with Crippen LogP contribution >= 0.6 is 0 Å². The van der Waals surface area contributed by atoms with Gasteiger partial charge in [-0.2, -0.15) is 5.26 Å². The Morgan fingerprint density at radius 2 is 2.15 bits per heavy atom. The molecule has 0 amide bonds. The van der Waals surface area contributed by atoms with Gasteiger partial charge in [0, 0.05) is 13.1 Å². The van der Waals surface area contributed by atoms with Crippen LogP contribution in [0.15, 0.2) is 24.3 Å². The minimum Gasteiger partial charge on any atom is -0.481 e. The van der Waals surface area contributed by atoms with Gasteiger partial charge in [-0.25, -0.2) is 0 Å². The summed E-state index contributed by atoms with van der Waals surface area (Å²) in [5.74, 6) is -1.10. The summed E-state index contributed by atoms with van der Waals surface area (Å²) in [5.41, 5.74) is 1.31. The predicted octanol–water partition coefficient (Wildman–Crippen LogP) is 1.39. The van der Waals surface area contributed by atoms with E-state index >= 15 is 0 Å². The van der Waals surface area contributed by atoms with Crippen molar-refractivity contribution in [1.29, 1.82) is 5.26 Å². The first-order valence-electron chi connectivity index (χ1n) is 6.73. The molecule has 2 rings (SSSR count). The average Bonchev–Trinajstić information content (AvgIpc) is 2.47. The van der Waals surface area contributed by atoms with E-state index in [0.717, 1.165) is 18.5 Å². The third-order valence-electron chi connectivity index (χ3n) is 3.71. The second-order valence-electron chi connectivity index (χ2n) is 5.19. The van der Waals surface area contributed by atoms with Crippen molar-refractivity contribution in [3.63, 3.8) is 0 Å². The lowest BCUT2D eigenvalue weighted by Crippen LogP contribution is -2.40. The highest BCUT2D eigenvalue weighted by Crippen LogP contribution is 2.21. The summed E-state index contributed by atoms with van der Waals surface area (Å²) in [4.78, 5) is 13.0. The second-order valence-corrected chi connectivity index (χ2v) is 5.19. The monoisotopic (exact) mass is 274 g/mol. The number of carboxylic acids is 1. The molecule has 2 atom stereocenters. The van der Waals surface area contributed by atoms with Crippen molar-refractivity contribution in [2.24, 2.45) is 5.92 Å². The molecule has 0 spiro atoms. The van der Waals surface area contributed by atoms with Crippen LogP contribution in [-0.2, 0) is 4.79 Å². The lowest BCUT2D eigenvalue weighted by molar-refractivity contribution is -0.143. The third-order valence-corrected chi connectivity index (χ3v) is 3.71. The topological polar surface area (TPSA) is 84.6 Å². The Morgan fingerprint density at radius 1 is 1.45 bits per heavy atom. The van der Waals surface area contributed by atoms with Gasteiger partial charge < -0.3 is 10.2 Å². The maximum absolute atomic E-state index is 11.0. The summed E-state index contributed by atoms with van der Waals surface area (Å²) in [6, 6.07) is 8.86. The van der Waals surface area contributed by atoms with Crippen LogP contribution in [0.1, 0.15) is 30.1 Å². The Balaban J connectivity index is 1.94. The molecule has 1 saturated heterocycles. The van der Waals surface area contributed by atoms with Crippen LogP contribution in [0.3, 0.4) is 0 Å². The molecule has 2 N–H and O–H groups in total. The van der Waals surface area contributed by atoms with Crippen LogP contribution in [-0.4, -0.2) is 40.7 Å². The fourth-order valence-corrected chi connectivity index (χ4v) is 2.55. The zero-order chi connectivity index (χ0) is 14.5. The number of nitrogens with zero attached hydrogens (tertiary/aromatic N) is 2. The molecule has 1 heterocycles. The standard InChI is InChI=1S/C15H18N2O3/c16-8-11-3-5-12(6-4-11)14(18)10-17-7-1-2-13(9-17)15(19)20/h3-6,13-14,18H,1-2,7,9-10H2,(H,19,20)/t13-,14?/m0/s1. The fraction of sp³-hybridized carbons (Fsp3) is 0.467. The Kier molecular flexibility index (Phi) is 4.72. The predicted molar refractivity (Wildman–Crippen MR) is 72.9 cm³/mol. The molecule has 20 heavy (non-hydrogen) atoms. The molecular formula is C15H18N2O3. The summed E-state index contributed by atoms with van der Waals surface area (Å²) in [6.45, 7) is 1.73. The number of benzene rings is 1. The lowest BCUT2D eigenvalue weighted by Gasteiger charge is -2.32. The Hall–Kier alpha value is -1.90. The van der Waals surface area contributed by atoms with Gasteiger partial charge in [-0.15, -0.1) is 0 Å². The Labute approximate surface area is 118 Å². The maximum Gasteiger partial charge on any atom is 0.307 e. The van der Waals surface area contributed by atoms with Crippen LogP contribution in [0.4, 0.5) is 0 Å². The van der Waals surface area contributed by atoms with Gasteiger partial charge in [0.2, 0.25) is 0 Å². The van der Waals surface area contributed by atoms with Gasteiger partial charge in [-0.3, -0.25) is 9.69 Å². The van der Waals surface area contributed by atoms with Crippen molar-refractivity contribution >= 4 is 5.97 Å². The normalized spacial score (nSPS) is 21.1. The molecule has 1 unspecified atom stereocenters. The molecule has 1 aromatic carbocycles. The van der Waals surface area contributed by atoms with E-state index < -0.39 is 12.1 Å². The Morgan fingerprint density at radius 3 is 2.75 bits per heavy atom. The number of aliphatic hydroxyl groups excluding tert-OH is 1. The second kappa shape index (κ2) is 6.51. The molecular weight excluding hydrogens is 256 g/mol. The van der Waals surface area contributed by atoms with E-state index in [-0.39, 0.29) is 5.92 Å². The molecule has 0 aliphatic carbocycles. The van der Waals surface area contributed by atoms with Crippen molar-refractivity contribution in [1.82, 2.24) is 4.90 Å². The van der Waals surface area contributed by atoms with Crippen molar-refractivity contribution in [3.8, 4) is 6.07 Å². The van der Waals surface area contributed by atoms with E-state index in [1.807, 2.05) is 11.0 Å². The minimum absolute atomic E-state index is 0.336. The summed E-state index contributed by atoms with van der Waals surface area (Å²) in [7, 11) is 0. The first kappa shape index (κ1) is 14.5. The number of likely N-dealkylation sites (tertiary alicyclic amines) is 1. The summed E-state index contributed by atoms with van der Waals surface area (Å²) >= 11 is 0. The maximum atomic E-state index is 11.0. The Bertz CT molecular complexity index is 507. The first-order valence-corrected chi connectivity index (χ1v) is 6.73. The number of aliphatic carboxylic acids is 1. The van der Waals surface area contributed by atoms with E-state index in [1.54, 1.807) is 24.3 Å². The molecule has 0 radical (unpaired) electrons. The van der Waals surface area contributed by atoms with Crippen LogP contribution < -0.4 is 0 Å². The average molecular weight is 274 g/mol. The molecule has 1 aliphatic rings. The molecule has 106 valence electrons. The number of carboxylic acid groups (broad SMARTS) is 1. The largest absolute Gasteiger partial charge is 0.481 e. The van der Waals surface area contributed by atoms with Gasteiger partial charge in [0.05, 0.1) is 23.7 Å². The molecule has 0 bridgehead atoms. The zero-order valence-corrected chi connectivity index (χ0v) is 11.2. The van der Waals surface area contributed by atoms with Gasteiger partial charge in [0.1, 0.15) is 0 Å². The van der Waals surface area contributed by atoms with Gasteiger partial charge in [0.25, 0.3) is 0 Å². The van der Waals surface area contributed by atoms with Crippen molar-refractivity contribution in [2.75, 3.05) is 19.6 Å². The van der Waals surface area contributed by atoms with Crippen LogP contribution in [0.5, 0.6) is 0 Å². The molecule has 5 nitrogen and oxygen atoms in total. The number of piperidine rings is 1. The van der Waals surface area contributed by atoms with Crippen molar-refractivity contribution < 1.29 is 15.0 Å². The third kappa shape index (κ3) is 3.56. The number of hydrogen-bond acceptors (Lipinski definition) is 4. The summed E-state index contributed by atoms with van der Waals surface area (Å²) < 4.78 is 0. The van der Waals surface area contributed by atoms with Gasteiger partial charge in [-0.1, -0.05) is 12.1 Å².